The number of hydrogen-bond donors (Lipinski definition) is 2. The molecule has 0 saturated heterocycles. The molecule has 1 amide bonds. The van der Waals surface area contributed by atoms with Crippen molar-refractivity contribution >= 4 is 11.9 Å². The number of amides is 1. The molecule has 6 nitrogen and oxygen atoms in total. The van der Waals surface area contributed by atoms with E-state index in [4.69, 9.17) is 16.2 Å². The van der Waals surface area contributed by atoms with Gasteiger partial charge in [-0.05, 0) is 6.42 Å². The van der Waals surface area contributed by atoms with E-state index in [-0.39, 0.29) is 12.8 Å². The van der Waals surface area contributed by atoms with Gasteiger partial charge in [0.2, 0.25) is 5.91 Å². The highest BCUT2D eigenvalue weighted by atomic mass is 16.5. The molecule has 0 rings (SSSR count). The Morgan fingerprint density at radius 1 is 1.31 bits per heavy atom. The summed E-state index contributed by atoms with van der Waals surface area (Å²) >= 11 is 0. The SMILES string of the molecule is C[N+](C)(C)CCOC(=O)[C@@H](N)CCC(N)=O. The molecule has 4 N–H and O–H groups in total. The fraction of sp³-hybridized carbons (Fsp3) is 0.800. The average molecular weight is 232 g/mol. The maximum atomic E-state index is 11.3. The number of rotatable bonds is 7. The third-order valence-corrected chi connectivity index (χ3v) is 2.01. The molecule has 0 aliphatic rings. The number of esters is 1. The Balaban J connectivity index is 3.75. The summed E-state index contributed by atoms with van der Waals surface area (Å²) < 4.78 is 5.69. The molecule has 0 spiro atoms. The van der Waals surface area contributed by atoms with Crippen LogP contribution in [-0.4, -0.2) is 56.7 Å². The zero-order valence-corrected chi connectivity index (χ0v) is 10.2. The van der Waals surface area contributed by atoms with Gasteiger partial charge in [0.1, 0.15) is 19.2 Å². The van der Waals surface area contributed by atoms with Crippen LogP contribution in [-0.2, 0) is 14.3 Å². The van der Waals surface area contributed by atoms with Crippen molar-refractivity contribution in [1.29, 1.82) is 0 Å². The van der Waals surface area contributed by atoms with E-state index in [1.807, 2.05) is 21.1 Å². The number of quaternary nitrogens is 1. The van der Waals surface area contributed by atoms with Crippen molar-refractivity contribution in [3.8, 4) is 0 Å². The lowest BCUT2D eigenvalue weighted by Gasteiger charge is -2.23. The van der Waals surface area contributed by atoms with Crippen molar-refractivity contribution in [2.75, 3.05) is 34.3 Å². The standard InChI is InChI=1S/C10H21N3O3/c1-13(2,3)6-7-16-10(15)8(11)4-5-9(12)14/h8H,4-7,11H2,1-3H3,(H-,12,14)/p+1/t8-/m0/s1. The molecule has 0 aromatic heterocycles. The first kappa shape index (κ1) is 14.9. The van der Waals surface area contributed by atoms with Crippen LogP contribution in [0.5, 0.6) is 0 Å². The molecular weight excluding hydrogens is 210 g/mol. The Morgan fingerprint density at radius 2 is 1.88 bits per heavy atom. The first-order chi connectivity index (χ1) is 7.22. The maximum Gasteiger partial charge on any atom is 0.323 e. The molecule has 1 atom stereocenters. The minimum absolute atomic E-state index is 0.103. The number of carbonyl (C=O) groups is 2. The average Bonchev–Trinajstić information content (AvgIpc) is 2.11. The normalized spacial score (nSPS) is 13.2. The number of nitrogens with zero attached hydrogens (tertiary/aromatic N) is 1. The fourth-order valence-electron chi connectivity index (χ4n) is 0.943. The highest BCUT2D eigenvalue weighted by Gasteiger charge is 2.17. The van der Waals surface area contributed by atoms with Gasteiger partial charge < -0.3 is 20.7 Å². The minimum Gasteiger partial charge on any atom is -0.459 e. The zero-order chi connectivity index (χ0) is 12.8. The number of primary amides is 1. The van der Waals surface area contributed by atoms with Crippen LogP contribution in [0.1, 0.15) is 12.8 Å². The van der Waals surface area contributed by atoms with Gasteiger partial charge in [0, 0.05) is 6.42 Å². The van der Waals surface area contributed by atoms with E-state index in [1.165, 1.54) is 0 Å². The van der Waals surface area contributed by atoms with E-state index >= 15 is 0 Å². The van der Waals surface area contributed by atoms with Crippen molar-refractivity contribution in [3.05, 3.63) is 0 Å². The molecule has 6 heteroatoms. The quantitative estimate of drug-likeness (QED) is 0.427. The van der Waals surface area contributed by atoms with E-state index in [0.717, 1.165) is 0 Å². The fourth-order valence-corrected chi connectivity index (χ4v) is 0.943. The van der Waals surface area contributed by atoms with Gasteiger partial charge in [-0.2, -0.15) is 0 Å². The van der Waals surface area contributed by atoms with Gasteiger partial charge in [-0.3, -0.25) is 9.59 Å². The molecule has 0 radical (unpaired) electrons. The van der Waals surface area contributed by atoms with Gasteiger partial charge in [-0.1, -0.05) is 0 Å². The summed E-state index contributed by atoms with van der Waals surface area (Å²) in [5.74, 6) is -0.940. The third kappa shape index (κ3) is 8.19. The van der Waals surface area contributed by atoms with Crippen LogP contribution in [0.15, 0.2) is 0 Å². The molecule has 0 bridgehead atoms. The Kier molecular flexibility index (Phi) is 5.98. The van der Waals surface area contributed by atoms with Crippen molar-refractivity contribution in [1.82, 2.24) is 0 Å². The highest BCUT2D eigenvalue weighted by Crippen LogP contribution is 1.97. The van der Waals surface area contributed by atoms with E-state index in [2.05, 4.69) is 0 Å². The molecular formula is C10H22N3O3+. The molecule has 0 fully saturated rings. The lowest BCUT2D eigenvalue weighted by molar-refractivity contribution is -0.870. The van der Waals surface area contributed by atoms with Crippen molar-refractivity contribution in [2.24, 2.45) is 11.5 Å². The largest absolute Gasteiger partial charge is 0.459 e. The van der Waals surface area contributed by atoms with Gasteiger partial charge in [-0.25, -0.2) is 0 Å². The van der Waals surface area contributed by atoms with E-state index < -0.39 is 17.9 Å². The second-order valence-corrected chi connectivity index (χ2v) is 4.79. The lowest BCUT2D eigenvalue weighted by atomic mass is 10.1. The summed E-state index contributed by atoms with van der Waals surface area (Å²) in [5.41, 5.74) is 10.5. The van der Waals surface area contributed by atoms with Crippen LogP contribution in [0.25, 0.3) is 0 Å². The molecule has 0 heterocycles. The zero-order valence-electron chi connectivity index (χ0n) is 10.2. The van der Waals surface area contributed by atoms with Gasteiger partial charge >= 0.3 is 5.97 Å². The van der Waals surface area contributed by atoms with Gasteiger partial charge in [0.05, 0.1) is 21.1 Å². The van der Waals surface area contributed by atoms with Crippen molar-refractivity contribution < 1.29 is 18.8 Å². The number of likely N-dealkylation sites (N-methyl/N-ethyl adjacent to an activating group) is 1. The van der Waals surface area contributed by atoms with Crippen LogP contribution in [0.3, 0.4) is 0 Å². The number of carbonyl (C=O) groups excluding carboxylic acids is 2. The summed E-state index contributed by atoms with van der Waals surface area (Å²) in [6.45, 7) is 1.04. The topological polar surface area (TPSA) is 95.4 Å². The molecule has 94 valence electrons. The second-order valence-electron chi connectivity index (χ2n) is 4.79. The van der Waals surface area contributed by atoms with Crippen molar-refractivity contribution in [2.45, 2.75) is 18.9 Å². The smallest absolute Gasteiger partial charge is 0.323 e. The number of hydrogen-bond acceptors (Lipinski definition) is 4. The Bertz CT molecular complexity index is 248. The number of nitrogens with two attached hydrogens (primary N) is 2. The Hall–Kier alpha value is -1.14. The van der Waals surface area contributed by atoms with Crippen LogP contribution >= 0.6 is 0 Å². The molecule has 0 saturated carbocycles. The predicted octanol–water partition coefficient (Wildman–Crippen LogP) is -1.17. The monoisotopic (exact) mass is 232 g/mol. The molecule has 0 unspecified atom stereocenters. The summed E-state index contributed by atoms with van der Waals surface area (Å²) in [7, 11) is 6.00. The predicted molar refractivity (Wildman–Crippen MR) is 60.3 cm³/mol. The van der Waals surface area contributed by atoms with E-state index in [1.54, 1.807) is 0 Å². The first-order valence-corrected chi connectivity index (χ1v) is 5.23. The Morgan fingerprint density at radius 3 is 2.31 bits per heavy atom. The molecule has 16 heavy (non-hydrogen) atoms. The summed E-state index contributed by atoms with van der Waals surface area (Å²) in [4.78, 5) is 21.8. The van der Waals surface area contributed by atoms with Gasteiger partial charge in [-0.15, -0.1) is 0 Å². The van der Waals surface area contributed by atoms with Crippen LogP contribution in [0.4, 0.5) is 0 Å². The van der Waals surface area contributed by atoms with Crippen LogP contribution < -0.4 is 11.5 Å². The molecule has 0 aliphatic heterocycles. The first-order valence-electron chi connectivity index (χ1n) is 5.23. The van der Waals surface area contributed by atoms with Crippen molar-refractivity contribution in [3.63, 3.8) is 0 Å². The van der Waals surface area contributed by atoms with Gasteiger partial charge in [0.15, 0.2) is 0 Å². The highest BCUT2D eigenvalue weighted by molar-refractivity contribution is 5.78. The minimum atomic E-state index is -0.764. The van der Waals surface area contributed by atoms with E-state index in [0.29, 0.717) is 17.6 Å². The van der Waals surface area contributed by atoms with Crippen LogP contribution in [0, 0.1) is 0 Å². The molecule has 0 aromatic carbocycles. The summed E-state index contributed by atoms with van der Waals surface area (Å²) in [5, 5.41) is 0. The second kappa shape index (κ2) is 6.44. The van der Waals surface area contributed by atoms with Gasteiger partial charge in [0.25, 0.3) is 0 Å². The summed E-state index contributed by atoms with van der Waals surface area (Å²) in [6.07, 6.45) is 0.337. The molecule has 0 aromatic rings. The molecule has 0 aliphatic carbocycles. The van der Waals surface area contributed by atoms with Crippen LogP contribution in [0.2, 0.25) is 0 Å². The summed E-state index contributed by atoms with van der Waals surface area (Å²) in [6, 6.07) is -0.764. The third-order valence-electron chi connectivity index (χ3n) is 2.01. The maximum absolute atomic E-state index is 11.3. The number of ether oxygens (including phenoxy) is 1. The Labute approximate surface area is 96.1 Å². The lowest BCUT2D eigenvalue weighted by Crippen LogP contribution is -2.40. The van der Waals surface area contributed by atoms with E-state index in [9.17, 15) is 9.59 Å².